The molecule has 0 heterocycles. The maximum absolute atomic E-state index is 6.05. The zero-order valence-electron chi connectivity index (χ0n) is 18.9. The zero-order valence-corrected chi connectivity index (χ0v) is 19.7. The van der Waals surface area contributed by atoms with E-state index in [0.29, 0.717) is 29.1 Å². The van der Waals surface area contributed by atoms with Gasteiger partial charge in [0.2, 0.25) is 0 Å². The molecule has 0 aromatic heterocycles. The number of thiocarbonyl (C=S) groups is 1. The normalized spacial score (nSPS) is 20.4. The van der Waals surface area contributed by atoms with E-state index < -0.39 is 0 Å². The fraction of sp³-hybridized carbons (Fsp3) is 0.440. The van der Waals surface area contributed by atoms with Crippen molar-refractivity contribution in [2.45, 2.75) is 52.7 Å². The molecular weight excluding hydrogens is 406 g/mol. The lowest BCUT2D eigenvalue weighted by Crippen LogP contribution is -2.45. The molecule has 2 aromatic carbocycles. The van der Waals surface area contributed by atoms with Crippen LogP contribution in [-0.4, -0.2) is 29.5 Å². The van der Waals surface area contributed by atoms with Gasteiger partial charge < -0.3 is 15.2 Å². The van der Waals surface area contributed by atoms with E-state index in [0.717, 1.165) is 24.0 Å². The van der Waals surface area contributed by atoms with Crippen LogP contribution in [0.4, 0.5) is 0 Å². The number of hydrazone groups is 1. The second-order valence-electron chi connectivity index (χ2n) is 9.18. The van der Waals surface area contributed by atoms with Gasteiger partial charge in [0.25, 0.3) is 0 Å². The Bertz CT molecular complexity index is 914. The van der Waals surface area contributed by atoms with Gasteiger partial charge >= 0.3 is 0 Å². The quantitative estimate of drug-likeness (QED) is 0.357. The van der Waals surface area contributed by atoms with Gasteiger partial charge in [-0.15, -0.1) is 0 Å². The number of methoxy groups -OCH3 is 1. The highest BCUT2D eigenvalue weighted by Crippen LogP contribution is 2.40. The molecule has 1 aliphatic rings. The molecule has 0 aliphatic heterocycles. The Hall–Kier alpha value is -2.60. The van der Waals surface area contributed by atoms with Crippen molar-refractivity contribution in [3.63, 3.8) is 0 Å². The molecule has 2 atom stereocenters. The molecule has 31 heavy (non-hydrogen) atoms. The summed E-state index contributed by atoms with van der Waals surface area (Å²) in [6.45, 7) is 7.36. The number of hydrogen-bond donors (Lipinski definition) is 1. The molecule has 0 spiro atoms. The zero-order chi connectivity index (χ0) is 22.4. The van der Waals surface area contributed by atoms with Crippen molar-refractivity contribution in [2.24, 2.45) is 22.2 Å². The minimum absolute atomic E-state index is 0.208. The van der Waals surface area contributed by atoms with E-state index in [9.17, 15) is 0 Å². The van der Waals surface area contributed by atoms with Gasteiger partial charge in [0, 0.05) is 0 Å². The van der Waals surface area contributed by atoms with Crippen LogP contribution in [0.15, 0.2) is 53.6 Å². The van der Waals surface area contributed by atoms with Crippen LogP contribution in [-0.2, 0) is 6.61 Å². The number of nitrogens with two attached hydrogens (primary N) is 1. The lowest BCUT2D eigenvalue weighted by atomic mass is 9.70. The summed E-state index contributed by atoms with van der Waals surface area (Å²) >= 11 is 5.33. The first-order chi connectivity index (χ1) is 14.8. The van der Waals surface area contributed by atoms with Gasteiger partial charge in [0.1, 0.15) is 6.61 Å². The maximum Gasteiger partial charge on any atom is 0.187 e. The highest BCUT2D eigenvalue weighted by Gasteiger charge is 2.35. The van der Waals surface area contributed by atoms with Crippen molar-refractivity contribution < 1.29 is 9.47 Å². The fourth-order valence-corrected chi connectivity index (χ4v) is 4.76. The molecule has 0 saturated heterocycles. The monoisotopic (exact) mass is 439 g/mol. The second kappa shape index (κ2) is 10.1. The van der Waals surface area contributed by atoms with E-state index in [4.69, 9.17) is 27.4 Å². The molecule has 2 unspecified atom stereocenters. The smallest absolute Gasteiger partial charge is 0.187 e. The predicted molar refractivity (Wildman–Crippen MR) is 131 cm³/mol. The molecule has 5 nitrogen and oxygen atoms in total. The third-order valence-corrected chi connectivity index (χ3v) is 5.88. The summed E-state index contributed by atoms with van der Waals surface area (Å²) in [7, 11) is 1.64. The third kappa shape index (κ3) is 6.44. The SMILES string of the molecule is COc1ccc(/C=N/N(C(N)=S)C2CC(C)CC(C)(C)C2)cc1OCc1ccccc1. The summed E-state index contributed by atoms with van der Waals surface area (Å²) in [5.74, 6) is 1.96. The molecular formula is C25H33N3O2S. The third-order valence-electron chi connectivity index (χ3n) is 5.69. The molecule has 0 amide bonds. The average molecular weight is 440 g/mol. The second-order valence-corrected chi connectivity index (χ2v) is 9.60. The van der Waals surface area contributed by atoms with E-state index in [1.807, 2.05) is 53.5 Å². The number of ether oxygens (including phenoxy) is 2. The van der Waals surface area contributed by atoms with Crippen molar-refractivity contribution in [1.29, 1.82) is 0 Å². The number of hydrogen-bond acceptors (Lipinski definition) is 4. The van der Waals surface area contributed by atoms with Crippen LogP contribution in [0.5, 0.6) is 11.5 Å². The van der Waals surface area contributed by atoms with Crippen LogP contribution in [0.25, 0.3) is 0 Å². The van der Waals surface area contributed by atoms with Gasteiger partial charge in [-0.25, -0.2) is 5.01 Å². The highest BCUT2D eigenvalue weighted by atomic mass is 32.1. The van der Waals surface area contributed by atoms with Crippen LogP contribution in [0.3, 0.4) is 0 Å². The van der Waals surface area contributed by atoms with Crippen LogP contribution < -0.4 is 15.2 Å². The molecule has 166 valence electrons. The predicted octanol–water partition coefficient (Wildman–Crippen LogP) is 5.37. The molecule has 2 aromatic rings. The molecule has 2 N–H and O–H groups in total. The Kier molecular flexibility index (Phi) is 7.55. The molecule has 1 fully saturated rings. The Morgan fingerprint density at radius 3 is 2.58 bits per heavy atom. The molecule has 0 radical (unpaired) electrons. The van der Waals surface area contributed by atoms with E-state index >= 15 is 0 Å². The van der Waals surface area contributed by atoms with Gasteiger partial charge in [-0.3, -0.25) is 0 Å². The molecule has 1 aliphatic carbocycles. The summed E-state index contributed by atoms with van der Waals surface area (Å²) in [5.41, 5.74) is 8.29. The van der Waals surface area contributed by atoms with E-state index in [1.54, 1.807) is 13.3 Å². The first-order valence-corrected chi connectivity index (χ1v) is 11.2. The molecule has 3 rings (SSSR count). The average Bonchev–Trinajstić information content (AvgIpc) is 2.71. The van der Waals surface area contributed by atoms with Crippen LogP contribution in [0.1, 0.15) is 51.2 Å². The van der Waals surface area contributed by atoms with E-state index in [1.165, 1.54) is 6.42 Å². The van der Waals surface area contributed by atoms with Crippen LogP contribution in [0.2, 0.25) is 0 Å². The van der Waals surface area contributed by atoms with Crippen molar-refractivity contribution >= 4 is 23.5 Å². The van der Waals surface area contributed by atoms with Gasteiger partial charge in [-0.05, 0) is 72.1 Å². The van der Waals surface area contributed by atoms with Gasteiger partial charge in [0.05, 0.1) is 19.4 Å². The number of benzene rings is 2. The van der Waals surface area contributed by atoms with Gasteiger partial charge in [-0.2, -0.15) is 5.10 Å². The summed E-state index contributed by atoms with van der Waals surface area (Å²) in [5, 5.41) is 6.79. The standard InChI is InChI=1S/C25H33N3O2S/c1-18-12-21(15-25(2,3)14-18)28(24(26)31)27-16-20-10-11-22(29-4)23(13-20)30-17-19-8-6-5-7-9-19/h5-11,13,16,18,21H,12,14-15,17H2,1-4H3,(H2,26,31)/b27-16+. The fourth-order valence-electron chi connectivity index (χ4n) is 4.56. The van der Waals surface area contributed by atoms with E-state index in [-0.39, 0.29) is 11.5 Å². The number of rotatable bonds is 7. The maximum atomic E-state index is 6.05. The first-order valence-electron chi connectivity index (χ1n) is 10.7. The summed E-state index contributed by atoms with van der Waals surface area (Å²) in [6.07, 6.45) is 5.05. The minimum Gasteiger partial charge on any atom is -0.493 e. The minimum atomic E-state index is 0.208. The van der Waals surface area contributed by atoms with Crippen molar-refractivity contribution in [3.8, 4) is 11.5 Å². The molecule has 1 saturated carbocycles. The lowest BCUT2D eigenvalue weighted by molar-refractivity contribution is 0.108. The van der Waals surface area contributed by atoms with Crippen LogP contribution >= 0.6 is 12.2 Å². The Balaban J connectivity index is 1.77. The highest BCUT2D eigenvalue weighted by molar-refractivity contribution is 7.80. The number of nitrogens with zero attached hydrogens (tertiary/aromatic N) is 2. The molecule has 0 bridgehead atoms. The molecule has 6 heteroatoms. The topological polar surface area (TPSA) is 60.1 Å². The van der Waals surface area contributed by atoms with Crippen molar-refractivity contribution in [1.82, 2.24) is 5.01 Å². The lowest BCUT2D eigenvalue weighted by Gasteiger charge is -2.42. The van der Waals surface area contributed by atoms with Crippen molar-refractivity contribution in [2.75, 3.05) is 7.11 Å². The van der Waals surface area contributed by atoms with Gasteiger partial charge in [-0.1, -0.05) is 51.1 Å². The largest absolute Gasteiger partial charge is 0.493 e. The van der Waals surface area contributed by atoms with Crippen LogP contribution in [0, 0.1) is 11.3 Å². The van der Waals surface area contributed by atoms with Gasteiger partial charge in [0.15, 0.2) is 16.6 Å². The Morgan fingerprint density at radius 2 is 1.94 bits per heavy atom. The first kappa shape index (κ1) is 23.1. The van der Waals surface area contributed by atoms with Crippen molar-refractivity contribution in [3.05, 3.63) is 59.7 Å². The summed E-state index contributed by atoms with van der Waals surface area (Å²) in [6, 6.07) is 16.0. The van der Waals surface area contributed by atoms with E-state index in [2.05, 4.69) is 25.9 Å². The Labute approximate surface area is 191 Å². The summed E-state index contributed by atoms with van der Waals surface area (Å²) < 4.78 is 11.5. The summed E-state index contributed by atoms with van der Waals surface area (Å²) in [4.78, 5) is 0. The Morgan fingerprint density at radius 1 is 1.19 bits per heavy atom.